The summed E-state index contributed by atoms with van der Waals surface area (Å²) in [5, 5.41) is 3.49. The Morgan fingerprint density at radius 3 is 2.81 bits per heavy atom. The molecule has 1 unspecified atom stereocenters. The number of nitrogens with zero attached hydrogens (tertiary/aromatic N) is 2. The van der Waals surface area contributed by atoms with Crippen molar-refractivity contribution >= 4 is 5.96 Å². The van der Waals surface area contributed by atoms with Gasteiger partial charge in [-0.25, -0.2) is 0 Å². The average molecular weight is 293 g/mol. The van der Waals surface area contributed by atoms with Crippen molar-refractivity contribution in [2.45, 2.75) is 64.4 Å². The summed E-state index contributed by atoms with van der Waals surface area (Å²) in [7, 11) is 0. The highest BCUT2D eigenvalue weighted by Gasteiger charge is 2.39. The van der Waals surface area contributed by atoms with Crippen LogP contribution in [0.1, 0.15) is 58.3 Å². The Hall–Kier alpha value is -0.770. The molecule has 0 radical (unpaired) electrons. The Morgan fingerprint density at radius 1 is 1.24 bits per heavy atom. The van der Waals surface area contributed by atoms with Crippen molar-refractivity contribution in [3.8, 4) is 0 Å². The van der Waals surface area contributed by atoms with E-state index >= 15 is 0 Å². The predicted molar refractivity (Wildman–Crippen MR) is 86.7 cm³/mol. The van der Waals surface area contributed by atoms with Gasteiger partial charge >= 0.3 is 0 Å². The van der Waals surface area contributed by atoms with Crippen LogP contribution in [0.5, 0.6) is 0 Å². The number of aliphatic imine (C=N–C) groups is 1. The number of nitrogens with one attached hydrogen (secondary N) is 1. The molecule has 4 heteroatoms. The van der Waals surface area contributed by atoms with Crippen molar-refractivity contribution in [2.24, 2.45) is 10.4 Å². The van der Waals surface area contributed by atoms with Gasteiger partial charge in [-0.15, -0.1) is 0 Å². The summed E-state index contributed by atoms with van der Waals surface area (Å²) >= 11 is 0. The molecule has 1 saturated carbocycles. The molecule has 0 aromatic carbocycles. The molecule has 2 heterocycles. The lowest BCUT2D eigenvalue weighted by Crippen LogP contribution is -2.42. The van der Waals surface area contributed by atoms with Gasteiger partial charge in [0.05, 0.1) is 12.6 Å². The van der Waals surface area contributed by atoms with E-state index < -0.39 is 0 Å². The van der Waals surface area contributed by atoms with Crippen molar-refractivity contribution in [3.05, 3.63) is 0 Å². The summed E-state index contributed by atoms with van der Waals surface area (Å²) in [4.78, 5) is 7.37. The summed E-state index contributed by atoms with van der Waals surface area (Å²) in [5.74, 6) is 1.12. The fraction of sp³-hybridized carbons (Fsp3) is 0.941. The first-order valence-electron chi connectivity index (χ1n) is 8.96. The van der Waals surface area contributed by atoms with Gasteiger partial charge in [0.1, 0.15) is 0 Å². The van der Waals surface area contributed by atoms with E-state index in [2.05, 4.69) is 17.1 Å². The van der Waals surface area contributed by atoms with Crippen molar-refractivity contribution in [1.82, 2.24) is 10.2 Å². The van der Waals surface area contributed by atoms with Gasteiger partial charge in [-0.05, 0) is 44.4 Å². The molecule has 2 saturated heterocycles. The summed E-state index contributed by atoms with van der Waals surface area (Å²) in [6.07, 6.45) is 11.2. The third-order valence-electron chi connectivity index (χ3n) is 5.46. The van der Waals surface area contributed by atoms with Crippen LogP contribution in [-0.4, -0.2) is 49.7 Å². The largest absolute Gasteiger partial charge is 0.376 e. The highest BCUT2D eigenvalue weighted by Crippen LogP contribution is 2.43. The lowest BCUT2D eigenvalue weighted by molar-refractivity contribution is 0.117. The third-order valence-corrected chi connectivity index (χ3v) is 5.46. The van der Waals surface area contributed by atoms with Crippen molar-refractivity contribution < 1.29 is 4.74 Å². The highest BCUT2D eigenvalue weighted by atomic mass is 16.5. The Morgan fingerprint density at radius 2 is 2.10 bits per heavy atom. The normalized spacial score (nSPS) is 29.3. The molecule has 0 aromatic heterocycles. The van der Waals surface area contributed by atoms with Gasteiger partial charge in [-0.3, -0.25) is 4.99 Å². The van der Waals surface area contributed by atoms with Crippen LogP contribution in [0.15, 0.2) is 4.99 Å². The molecule has 21 heavy (non-hydrogen) atoms. The molecule has 1 N–H and O–H groups in total. The molecule has 1 spiro atoms. The van der Waals surface area contributed by atoms with E-state index in [1.807, 2.05) is 0 Å². The van der Waals surface area contributed by atoms with E-state index in [0.717, 1.165) is 25.7 Å². The van der Waals surface area contributed by atoms with Crippen LogP contribution in [0.2, 0.25) is 0 Å². The summed E-state index contributed by atoms with van der Waals surface area (Å²) in [6, 6.07) is 0. The average Bonchev–Trinajstić information content (AvgIpc) is 3.15. The Balaban J connectivity index is 1.59. The number of ether oxygens (including phenoxy) is 1. The summed E-state index contributed by atoms with van der Waals surface area (Å²) in [5.41, 5.74) is 0.596. The molecule has 3 aliphatic rings. The van der Waals surface area contributed by atoms with Gasteiger partial charge in [0.2, 0.25) is 0 Å². The first kappa shape index (κ1) is 15.1. The first-order chi connectivity index (χ1) is 10.3. The number of hydrogen-bond donors (Lipinski definition) is 1. The third kappa shape index (κ3) is 3.71. The maximum Gasteiger partial charge on any atom is 0.194 e. The second-order valence-electron chi connectivity index (χ2n) is 7.06. The Labute approximate surface area is 129 Å². The number of hydrogen-bond acceptors (Lipinski definition) is 2. The fourth-order valence-electron chi connectivity index (χ4n) is 4.23. The van der Waals surface area contributed by atoms with Crippen LogP contribution in [0.3, 0.4) is 0 Å². The summed E-state index contributed by atoms with van der Waals surface area (Å²) < 4.78 is 5.70. The van der Waals surface area contributed by atoms with Crippen molar-refractivity contribution in [1.29, 1.82) is 0 Å². The van der Waals surface area contributed by atoms with Crippen molar-refractivity contribution in [3.63, 3.8) is 0 Å². The molecule has 4 nitrogen and oxygen atoms in total. The molecule has 0 bridgehead atoms. The van der Waals surface area contributed by atoms with Crippen LogP contribution in [-0.2, 0) is 4.74 Å². The Kier molecular flexibility index (Phi) is 5.04. The zero-order chi connectivity index (χ0) is 14.5. The molecule has 1 atom stereocenters. The molecular formula is C17H31N3O. The van der Waals surface area contributed by atoms with Crippen LogP contribution < -0.4 is 5.32 Å². The molecule has 3 fully saturated rings. The second-order valence-corrected chi connectivity index (χ2v) is 7.06. The minimum absolute atomic E-state index is 0.352. The maximum atomic E-state index is 5.70. The molecular weight excluding hydrogens is 262 g/mol. The van der Waals surface area contributed by atoms with E-state index in [4.69, 9.17) is 9.73 Å². The minimum Gasteiger partial charge on any atom is -0.376 e. The number of guanidine groups is 1. The van der Waals surface area contributed by atoms with Gasteiger partial charge in [-0.2, -0.15) is 0 Å². The molecule has 120 valence electrons. The van der Waals surface area contributed by atoms with E-state index in [-0.39, 0.29) is 0 Å². The molecule has 2 aliphatic heterocycles. The van der Waals surface area contributed by atoms with Gasteiger partial charge in [0.25, 0.3) is 0 Å². The lowest BCUT2D eigenvalue weighted by atomic mass is 9.73. The standard InChI is InChI=1S/C17H31N3O/c1-2-18-16(19-13-15-7-6-12-21-15)20-11-10-17(14-20)8-4-3-5-9-17/h15H,2-14H2,1H3,(H,18,19). The SMILES string of the molecule is CCNC(=NCC1CCCO1)N1CCC2(CCCCC2)C1. The molecule has 3 rings (SSSR count). The lowest BCUT2D eigenvalue weighted by Gasteiger charge is -2.33. The molecule has 1 aliphatic carbocycles. The molecule has 0 amide bonds. The van der Waals surface area contributed by atoms with E-state index in [9.17, 15) is 0 Å². The highest BCUT2D eigenvalue weighted by molar-refractivity contribution is 5.80. The van der Waals surface area contributed by atoms with Crippen molar-refractivity contribution in [2.75, 3.05) is 32.8 Å². The monoisotopic (exact) mass is 293 g/mol. The van der Waals surface area contributed by atoms with Crippen LogP contribution in [0, 0.1) is 5.41 Å². The van der Waals surface area contributed by atoms with Crippen LogP contribution in [0.25, 0.3) is 0 Å². The first-order valence-corrected chi connectivity index (χ1v) is 8.96. The number of likely N-dealkylation sites (tertiary alicyclic amines) is 1. The van der Waals surface area contributed by atoms with E-state index in [1.165, 1.54) is 64.5 Å². The topological polar surface area (TPSA) is 36.9 Å². The summed E-state index contributed by atoms with van der Waals surface area (Å²) in [6.45, 7) is 7.25. The Bertz CT molecular complexity index is 357. The zero-order valence-corrected chi connectivity index (χ0v) is 13.6. The van der Waals surface area contributed by atoms with Gasteiger partial charge in [-0.1, -0.05) is 19.3 Å². The van der Waals surface area contributed by atoms with Gasteiger partial charge in [0.15, 0.2) is 5.96 Å². The van der Waals surface area contributed by atoms with Crippen LogP contribution in [0.4, 0.5) is 0 Å². The predicted octanol–water partition coefficient (Wildman–Crippen LogP) is 2.79. The minimum atomic E-state index is 0.352. The van der Waals surface area contributed by atoms with Crippen LogP contribution >= 0.6 is 0 Å². The van der Waals surface area contributed by atoms with E-state index in [1.54, 1.807) is 0 Å². The zero-order valence-electron chi connectivity index (χ0n) is 13.6. The fourth-order valence-corrected chi connectivity index (χ4v) is 4.23. The van der Waals surface area contributed by atoms with Gasteiger partial charge in [0, 0.05) is 26.2 Å². The van der Waals surface area contributed by atoms with Gasteiger partial charge < -0.3 is 15.0 Å². The number of rotatable bonds is 3. The quantitative estimate of drug-likeness (QED) is 0.642. The molecule has 0 aromatic rings. The maximum absolute atomic E-state index is 5.70. The van der Waals surface area contributed by atoms with E-state index in [0.29, 0.717) is 11.5 Å². The second kappa shape index (κ2) is 6.99. The smallest absolute Gasteiger partial charge is 0.194 e.